The standard InChI is InChI=1S/C8H15N3.HI/c1-10-8(9)11-7-4-6(7)5-2-3-5;/h5-7H,2-4H2,1H3,(H3,9,10,11);1H/t6-,7+;/m0./s1. The fourth-order valence-corrected chi connectivity index (χ4v) is 1.68. The first kappa shape index (κ1) is 10.1. The van der Waals surface area contributed by atoms with Gasteiger partial charge in [-0.05, 0) is 31.1 Å². The van der Waals surface area contributed by atoms with E-state index in [-0.39, 0.29) is 24.0 Å². The van der Waals surface area contributed by atoms with Gasteiger partial charge in [-0.3, -0.25) is 4.99 Å². The number of hydrogen-bond donors (Lipinski definition) is 2. The molecule has 0 saturated heterocycles. The van der Waals surface area contributed by atoms with Gasteiger partial charge in [0.2, 0.25) is 0 Å². The Kier molecular flexibility index (Phi) is 3.20. The van der Waals surface area contributed by atoms with E-state index in [4.69, 9.17) is 5.73 Å². The fourth-order valence-electron chi connectivity index (χ4n) is 1.68. The number of rotatable bonds is 2. The van der Waals surface area contributed by atoms with Crippen LogP contribution in [0.4, 0.5) is 0 Å². The molecule has 12 heavy (non-hydrogen) atoms. The summed E-state index contributed by atoms with van der Waals surface area (Å²) in [5, 5.41) is 3.20. The SMILES string of the molecule is CN=C(N)N[C@@H]1C[C@H]1C1CC1.I. The van der Waals surface area contributed by atoms with Crippen molar-refractivity contribution in [3.05, 3.63) is 0 Å². The first-order valence-electron chi connectivity index (χ1n) is 4.30. The van der Waals surface area contributed by atoms with Crippen LogP contribution in [0.1, 0.15) is 19.3 Å². The summed E-state index contributed by atoms with van der Waals surface area (Å²) >= 11 is 0. The van der Waals surface area contributed by atoms with E-state index in [2.05, 4.69) is 10.3 Å². The van der Waals surface area contributed by atoms with Crippen molar-refractivity contribution >= 4 is 29.9 Å². The Bertz CT molecular complexity index is 189. The zero-order valence-corrected chi connectivity index (χ0v) is 9.62. The molecule has 0 aromatic heterocycles. The molecule has 0 amide bonds. The molecule has 2 aliphatic rings. The Morgan fingerprint density at radius 3 is 2.67 bits per heavy atom. The van der Waals surface area contributed by atoms with Crippen LogP contribution in [0.5, 0.6) is 0 Å². The number of nitrogens with zero attached hydrogens (tertiary/aromatic N) is 1. The highest BCUT2D eigenvalue weighted by molar-refractivity contribution is 14.0. The lowest BCUT2D eigenvalue weighted by molar-refractivity contribution is 0.660. The number of hydrogen-bond acceptors (Lipinski definition) is 1. The molecule has 0 aliphatic heterocycles. The molecule has 0 aromatic rings. The molecule has 70 valence electrons. The second kappa shape index (κ2) is 3.81. The molecule has 3 nitrogen and oxygen atoms in total. The summed E-state index contributed by atoms with van der Waals surface area (Å²) in [7, 11) is 1.72. The van der Waals surface area contributed by atoms with Crippen molar-refractivity contribution in [2.75, 3.05) is 7.05 Å². The Labute approximate surface area is 90.2 Å². The first-order valence-corrected chi connectivity index (χ1v) is 4.30. The van der Waals surface area contributed by atoms with Gasteiger partial charge >= 0.3 is 0 Å². The van der Waals surface area contributed by atoms with Crippen LogP contribution in [0, 0.1) is 11.8 Å². The van der Waals surface area contributed by atoms with Crippen molar-refractivity contribution in [3.8, 4) is 0 Å². The summed E-state index contributed by atoms with van der Waals surface area (Å²) in [4.78, 5) is 3.87. The topological polar surface area (TPSA) is 50.4 Å². The second-order valence-corrected chi connectivity index (χ2v) is 3.60. The highest BCUT2D eigenvalue weighted by Crippen LogP contribution is 2.49. The predicted molar refractivity (Wildman–Crippen MR) is 60.7 cm³/mol. The number of halogens is 1. The van der Waals surface area contributed by atoms with Crippen LogP contribution in [0.25, 0.3) is 0 Å². The van der Waals surface area contributed by atoms with Crippen molar-refractivity contribution < 1.29 is 0 Å². The number of nitrogens with two attached hydrogens (primary N) is 1. The molecule has 0 heterocycles. The van der Waals surface area contributed by atoms with Crippen molar-refractivity contribution in [2.24, 2.45) is 22.6 Å². The van der Waals surface area contributed by atoms with Gasteiger partial charge in [0, 0.05) is 13.1 Å². The third-order valence-corrected chi connectivity index (χ3v) is 2.64. The molecule has 4 heteroatoms. The van der Waals surface area contributed by atoms with E-state index in [1.807, 2.05) is 0 Å². The Morgan fingerprint density at radius 1 is 1.50 bits per heavy atom. The minimum atomic E-state index is 0. The highest BCUT2D eigenvalue weighted by atomic mass is 127. The molecular formula is C8H16IN3. The normalized spacial score (nSPS) is 33.9. The molecule has 2 aliphatic carbocycles. The van der Waals surface area contributed by atoms with Gasteiger partial charge in [-0.25, -0.2) is 0 Å². The van der Waals surface area contributed by atoms with E-state index in [1.165, 1.54) is 19.3 Å². The lowest BCUT2D eigenvalue weighted by Crippen LogP contribution is -2.34. The van der Waals surface area contributed by atoms with E-state index in [9.17, 15) is 0 Å². The molecule has 0 spiro atoms. The number of nitrogens with one attached hydrogen (secondary N) is 1. The van der Waals surface area contributed by atoms with E-state index in [1.54, 1.807) is 7.05 Å². The van der Waals surface area contributed by atoms with Gasteiger partial charge in [0.25, 0.3) is 0 Å². The largest absolute Gasteiger partial charge is 0.370 e. The second-order valence-electron chi connectivity index (χ2n) is 3.60. The van der Waals surface area contributed by atoms with Crippen LogP contribution in [-0.2, 0) is 0 Å². The van der Waals surface area contributed by atoms with Crippen molar-refractivity contribution in [1.82, 2.24) is 5.32 Å². The summed E-state index contributed by atoms with van der Waals surface area (Å²) in [5.41, 5.74) is 5.54. The minimum absolute atomic E-state index is 0. The average Bonchev–Trinajstić information content (AvgIpc) is 2.79. The fraction of sp³-hybridized carbons (Fsp3) is 0.875. The maximum atomic E-state index is 5.54. The summed E-state index contributed by atoms with van der Waals surface area (Å²) in [6.45, 7) is 0. The van der Waals surface area contributed by atoms with E-state index >= 15 is 0 Å². The van der Waals surface area contributed by atoms with Crippen LogP contribution in [0.3, 0.4) is 0 Å². The smallest absolute Gasteiger partial charge is 0.188 e. The van der Waals surface area contributed by atoms with Gasteiger partial charge in [-0.15, -0.1) is 24.0 Å². The van der Waals surface area contributed by atoms with Crippen LogP contribution in [0.15, 0.2) is 4.99 Å². The molecule has 0 radical (unpaired) electrons. The number of guanidine groups is 1. The lowest BCUT2D eigenvalue weighted by Gasteiger charge is -2.01. The van der Waals surface area contributed by atoms with Gasteiger partial charge in [0.15, 0.2) is 5.96 Å². The molecule has 2 rings (SSSR count). The van der Waals surface area contributed by atoms with Crippen LogP contribution < -0.4 is 11.1 Å². The van der Waals surface area contributed by atoms with Crippen molar-refractivity contribution in [2.45, 2.75) is 25.3 Å². The molecule has 0 unspecified atom stereocenters. The predicted octanol–water partition coefficient (Wildman–Crippen LogP) is 0.937. The monoisotopic (exact) mass is 281 g/mol. The summed E-state index contributed by atoms with van der Waals surface area (Å²) in [6.07, 6.45) is 4.18. The van der Waals surface area contributed by atoms with E-state index < -0.39 is 0 Å². The van der Waals surface area contributed by atoms with Crippen LogP contribution in [-0.4, -0.2) is 19.0 Å². The maximum Gasteiger partial charge on any atom is 0.188 e. The van der Waals surface area contributed by atoms with Gasteiger partial charge in [-0.2, -0.15) is 0 Å². The zero-order chi connectivity index (χ0) is 7.84. The quantitative estimate of drug-likeness (QED) is 0.449. The highest BCUT2D eigenvalue weighted by Gasteiger charge is 2.47. The minimum Gasteiger partial charge on any atom is -0.370 e. The summed E-state index contributed by atoms with van der Waals surface area (Å²) in [6, 6.07) is 0.645. The number of aliphatic imine (C=N–C) groups is 1. The van der Waals surface area contributed by atoms with Crippen LogP contribution >= 0.6 is 24.0 Å². The lowest BCUT2D eigenvalue weighted by atomic mass is 10.3. The zero-order valence-electron chi connectivity index (χ0n) is 7.29. The third kappa shape index (κ3) is 2.24. The molecule has 0 aromatic carbocycles. The van der Waals surface area contributed by atoms with Gasteiger partial charge in [0.1, 0.15) is 0 Å². The van der Waals surface area contributed by atoms with Gasteiger partial charge in [0.05, 0.1) is 0 Å². The maximum absolute atomic E-state index is 5.54. The van der Waals surface area contributed by atoms with Crippen molar-refractivity contribution in [3.63, 3.8) is 0 Å². The summed E-state index contributed by atoms with van der Waals surface area (Å²) < 4.78 is 0. The molecule has 2 fully saturated rings. The molecule has 2 saturated carbocycles. The van der Waals surface area contributed by atoms with Crippen LogP contribution in [0.2, 0.25) is 0 Å². The molecule has 3 N–H and O–H groups in total. The Morgan fingerprint density at radius 2 is 2.17 bits per heavy atom. The molecule has 0 bridgehead atoms. The molecular weight excluding hydrogens is 265 g/mol. The van der Waals surface area contributed by atoms with Gasteiger partial charge < -0.3 is 11.1 Å². The van der Waals surface area contributed by atoms with E-state index in [0.29, 0.717) is 12.0 Å². The van der Waals surface area contributed by atoms with Gasteiger partial charge in [-0.1, -0.05) is 0 Å². The molecule has 2 atom stereocenters. The Hall–Kier alpha value is 0. The van der Waals surface area contributed by atoms with Crippen molar-refractivity contribution in [1.29, 1.82) is 0 Å². The average molecular weight is 281 g/mol. The summed E-state index contributed by atoms with van der Waals surface area (Å²) in [5.74, 6) is 2.52. The Balaban J connectivity index is 0.000000720. The van der Waals surface area contributed by atoms with E-state index in [0.717, 1.165) is 11.8 Å². The first-order chi connectivity index (χ1) is 5.31. The third-order valence-electron chi connectivity index (χ3n) is 2.64.